The third-order valence-electron chi connectivity index (χ3n) is 4.07. The number of nitrogens with one attached hydrogen (secondary N) is 1. The third kappa shape index (κ3) is 3.30. The normalized spacial score (nSPS) is 23.3. The number of nitrogens with zero attached hydrogens (tertiary/aromatic N) is 2. The van der Waals surface area contributed by atoms with Crippen LogP contribution in [0.25, 0.3) is 0 Å². The minimum absolute atomic E-state index is 0.212. The van der Waals surface area contributed by atoms with Crippen LogP contribution in [0.1, 0.15) is 46.0 Å². The quantitative estimate of drug-likeness (QED) is 0.922. The van der Waals surface area contributed by atoms with E-state index in [-0.39, 0.29) is 10.6 Å². The lowest BCUT2D eigenvalue weighted by Gasteiger charge is -2.29. The molecule has 0 aromatic carbocycles. The van der Waals surface area contributed by atoms with Crippen molar-refractivity contribution in [3.05, 3.63) is 21.6 Å². The zero-order valence-electron chi connectivity index (χ0n) is 11.7. The van der Waals surface area contributed by atoms with Gasteiger partial charge in [0, 0.05) is 12.6 Å². The Morgan fingerprint density at radius 1 is 1.37 bits per heavy atom. The Hall–Kier alpha value is -1.03. The molecule has 1 aliphatic carbocycles. The molecular formula is C14H22ClN3O. The van der Waals surface area contributed by atoms with Crippen LogP contribution in [-0.2, 0) is 6.54 Å². The highest BCUT2D eigenvalue weighted by Gasteiger charge is 2.21. The van der Waals surface area contributed by atoms with E-state index in [9.17, 15) is 4.79 Å². The maximum absolute atomic E-state index is 11.9. The molecule has 1 aromatic heterocycles. The molecule has 0 bridgehead atoms. The number of aryl methyl sites for hydroxylation is 1. The first-order chi connectivity index (χ1) is 9.15. The van der Waals surface area contributed by atoms with Crippen molar-refractivity contribution in [3.63, 3.8) is 0 Å². The Balaban J connectivity index is 2.04. The van der Waals surface area contributed by atoms with Crippen LogP contribution in [0.2, 0.25) is 5.02 Å². The molecule has 0 spiro atoms. The number of anilines is 1. The Morgan fingerprint density at radius 2 is 2.05 bits per heavy atom. The molecule has 1 N–H and O–H groups in total. The summed E-state index contributed by atoms with van der Waals surface area (Å²) < 4.78 is 1.38. The molecule has 1 fully saturated rings. The fourth-order valence-electron chi connectivity index (χ4n) is 2.73. The van der Waals surface area contributed by atoms with E-state index in [1.54, 1.807) is 6.20 Å². The second-order valence-electron chi connectivity index (χ2n) is 5.26. The van der Waals surface area contributed by atoms with Gasteiger partial charge in [-0.15, -0.1) is 0 Å². The molecule has 2 rings (SSSR count). The van der Waals surface area contributed by atoms with Crippen LogP contribution in [0, 0.1) is 5.92 Å². The van der Waals surface area contributed by atoms with Crippen LogP contribution in [0.4, 0.5) is 5.69 Å². The van der Waals surface area contributed by atoms with Crippen LogP contribution >= 0.6 is 11.6 Å². The largest absolute Gasteiger partial charge is 0.380 e. The van der Waals surface area contributed by atoms with Crippen molar-refractivity contribution >= 4 is 17.3 Å². The summed E-state index contributed by atoms with van der Waals surface area (Å²) in [6.45, 7) is 4.67. The van der Waals surface area contributed by atoms with Gasteiger partial charge in [-0.1, -0.05) is 24.9 Å². The molecular weight excluding hydrogens is 262 g/mol. The van der Waals surface area contributed by atoms with Crippen LogP contribution in [-0.4, -0.2) is 15.8 Å². The minimum atomic E-state index is -0.212. The topological polar surface area (TPSA) is 46.9 Å². The molecule has 0 unspecified atom stereocenters. The average Bonchev–Trinajstić information content (AvgIpc) is 2.45. The van der Waals surface area contributed by atoms with E-state index >= 15 is 0 Å². The number of hydrogen-bond acceptors (Lipinski definition) is 3. The summed E-state index contributed by atoms with van der Waals surface area (Å²) >= 11 is 6.12. The van der Waals surface area contributed by atoms with Gasteiger partial charge in [-0.2, -0.15) is 5.10 Å². The molecule has 0 saturated heterocycles. The first kappa shape index (κ1) is 14.4. The molecule has 4 nitrogen and oxygen atoms in total. The molecule has 19 heavy (non-hydrogen) atoms. The van der Waals surface area contributed by atoms with Crippen LogP contribution in [0.3, 0.4) is 0 Å². The van der Waals surface area contributed by atoms with E-state index in [0.29, 0.717) is 18.3 Å². The Bertz CT molecular complexity index is 478. The van der Waals surface area contributed by atoms with Crippen molar-refractivity contribution in [1.82, 2.24) is 9.78 Å². The van der Waals surface area contributed by atoms with E-state index in [0.717, 1.165) is 18.8 Å². The highest BCUT2D eigenvalue weighted by atomic mass is 35.5. The molecule has 106 valence electrons. The van der Waals surface area contributed by atoms with Gasteiger partial charge in [-0.25, -0.2) is 4.68 Å². The Morgan fingerprint density at radius 3 is 2.63 bits per heavy atom. The van der Waals surface area contributed by atoms with E-state index < -0.39 is 0 Å². The summed E-state index contributed by atoms with van der Waals surface area (Å²) in [5.41, 5.74) is 0.465. The molecule has 0 radical (unpaired) electrons. The van der Waals surface area contributed by atoms with Crippen molar-refractivity contribution in [3.8, 4) is 0 Å². The summed E-state index contributed by atoms with van der Waals surface area (Å²) in [6, 6.07) is 0.416. The second kappa shape index (κ2) is 6.42. The molecule has 0 atom stereocenters. The number of hydrogen-bond donors (Lipinski definition) is 1. The highest BCUT2D eigenvalue weighted by molar-refractivity contribution is 6.32. The zero-order chi connectivity index (χ0) is 13.8. The molecule has 1 aliphatic rings. The second-order valence-corrected chi connectivity index (χ2v) is 5.64. The predicted molar refractivity (Wildman–Crippen MR) is 78.8 cm³/mol. The monoisotopic (exact) mass is 283 g/mol. The summed E-state index contributed by atoms with van der Waals surface area (Å²) in [6.07, 6.45) is 7.73. The molecule has 1 saturated carbocycles. The lowest BCUT2D eigenvalue weighted by molar-refractivity contribution is 0.330. The molecule has 5 heteroatoms. The van der Waals surface area contributed by atoms with Gasteiger partial charge in [0.15, 0.2) is 0 Å². The average molecular weight is 284 g/mol. The van der Waals surface area contributed by atoms with Crippen molar-refractivity contribution < 1.29 is 0 Å². The van der Waals surface area contributed by atoms with Crippen molar-refractivity contribution in [2.45, 2.75) is 58.5 Å². The van der Waals surface area contributed by atoms with Crippen LogP contribution in [0.5, 0.6) is 0 Å². The summed E-state index contributed by atoms with van der Waals surface area (Å²) in [7, 11) is 0. The van der Waals surface area contributed by atoms with Gasteiger partial charge in [0.2, 0.25) is 0 Å². The van der Waals surface area contributed by atoms with Crippen molar-refractivity contribution in [1.29, 1.82) is 0 Å². The molecule has 1 aromatic rings. The van der Waals surface area contributed by atoms with Gasteiger partial charge in [-0.05, 0) is 38.5 Å². The number of halogens is 1. The molecule has 0 aliphatic heterocycles. The Labute approximate surface area is 119 Å². The zero-order valence-corrected chi connectivity index (χ0v) is 12.4. The van der Waals surface area contributed by atoms with E-state index in [4.69, 9.17) is 11.6 Å². The predicted octanol–water partition coefficient (Wildman–Crippen LogP) is 3.30. The summed E-state index contributed by atoms with van der Waals surface area (Å²) in [5, 5.41) is 7.75. The Kier molecular flexibility index (Phi) is 4.86. The number of rotatable bonds is 4. The van der Waals surface area contributed by atoms with Crippen LogP contribution in [0.15, 0.2) is 11.0 Å². The molecule has 1 heterocycles. The lowest BCUT2D eigenvalue weighted by atomic mass is 9.84. The fraction of sp³-hybridized carbons (Fsp3) is 0.714. The van der Waals surface area contributed by atoms with Gasteiger partial charge in [0.25, 0.3) is 5.56 Å². The summed E-state index contributed by atoms with van der Waals surface area (Å²) in [5.74, 6) is 0.861. The maximum Gasteiger partial charge on any atom is 0.287 e. The first-order valence-corrected chi connectivity index (χ1v) is 7.55. The highest BCUT2D eigenvalue weighted by Crippen LogP contribution is 2.29. The first-order valence-electron chi connectivity index (χ1n) is 7.17. The molecule has 0 amide bonds. The maximum atomic E-state index is 11.9. The SMILES string of the molecule is CCC1CCC(Nc2cnn(CC)c(=O)c2Cl)CC1. The lowest BCUT2D eigenvalue weighted by Crippen LogP contribution is -2.29. The minimum Gasteiger partial charge on any atom is -0.380 e. The third-order valence-corrected chi connectivity index (χ3v) is 4.43. The van der Waals surface area contributed by atoms with Gasteiger partial charge in [0.05, 0.1) is 11.9 Å². The van der Waals surface area contributed by atoms with Gasteiger partial charge < -0.3 is 5.32 Å². The van der Waals surface area contributed by atoms with E-state index in [1.165, 1.54) is 23.9 Å². The van der Waals surface area contributed by atoms with Crippen molar-refractivity contribution in [2.24, 2.45) is 5.92 Å². The van der Waals surface area contributed by atoms with Gasteiger partial charge in [0.1, 0.15) is 5.02 Å². The standard InChI is InChI=1S/C14H22ClN3O/c1-3-10-5-7-11(8-6-10)17-12-9-16-18(4-2)14(19)13(12)15/h9-11,17H,3-8H2,1-2H3. The van der Waals surface area contributed by atoms with Gasteiger partial charge >= 0.3 is 0 Å². The fourth-order valence-corrected chi connectivity index (χ4v) is 2.93. The smallest absolute Gasteiger partial charge is 0.287 e. The number of aromatic nitrogens is 2. The van der Waals surface area contributed by atoms with Crippen LogP contribution < -0.4 is 10.9 Å². The van der Waals surface area contributed by atoms with Gasteiger partial charge in [-0.3, -0.25) is 4.79 Å². The van der Waals surface area contributed by atoms with Crippen molar-refractivity contribution in [2.75, 3.05) is 5.32 Å². The van der Waals surface area contributed by atoms with E-state index in [2.05, 4.69) is 17.3 Å². The summed E-state index contributed by atoms with van der Waals surface area (Å²) in [4.78, 5) is 11.9. The van der Waals surface area contributed by atoms with E-state index in [1.807, 2.05) is 6.92 Å².